The van der Waals surface area contributed by atoms with Crippen molar-refractivity contribution in [3.05, 3.63) is 12.2 Å². The molecule has 0 bridgehead atoms. The molecule has 0 aromatic carbocycles. The maximum atomic E-state index is 3.41. The minimum atomic E-state index is 0.928. The predicted molar refractivity (Wildman–Crippen MR) is 47.5 cm³/mol. The Morgan fingerprint density at radius 2 is 1.91 bits per heavy atom. The monoisotopic (exact) mass is 151 g/mol. The molecule has 1 saturated heterocycles. The van der Waals surface area contributed by atoms with Crippen LogP contribution in [-0.4, -0.2) is 13.1 Å². The molecule has 1 atom stereocenters. The van der Waals surface area contributed by atoms with Crippen molar-refractivity contribution in [3.63, 3.8) is 0 Å². The van der Waals surface area contributed by atoms with Gasteiger partial charge in [0.25, 0.3) is 0 Å². The Morgan fingerprint density at radius 3 is 2.55 bits per heavy atom. The molecule has 1 N–H and O–H groups in total. The lowest BCUT2D eigenvalue weighted by molar-refractivity contribution is 0.296. The molecule has 11 heavy (non-hydrogen) atoms. The van der Waals surface area contributed by atoms with E-state index in [1.165, 1.54) is 38.8 Å². The van der Waals surface area contributed by atoms with Gasteiger partial charge in [-0.2, -0.15) is 0 Å². The molecule has 0 radical (unpaired) electrons. The van der Waals surface area contributed by atoms with E-state index in [0.717, 1.165) is 11.8 Å². The van der Waals surface area contributed by atoms with Crippen molar-refractivity contribution in [2.45, 2.75) is 25.7 Å². The minimum Gasteiger partial charge on any atom is -0.317 e. The first-order valence-electron chi connectivity index (χ1n) is 4.84. The predicted octanol–water partition coefficient (Wildman–Crippen LogP) is 1.95. The fraction of sp³-hybridized carbons (Fsp3) is 0.800. The van der Waals surface area contributed by atoms with Crippen LogP contribution in [0.5, 0.6) is 0 Å². The average molecular weight is 151 g/mol. The highest BCUT2D eigenvalue weighted by molar-refractivity contribution is 4.99. The van der Waals surface area contributed by atoms with Crippen molar-refractivity contribution >= 4 is 0 Å². The summed E-state index contributed by atoms with van der Waals surface area (Å²) in [5.41, 5.74) is 0. The van der Waals surface area contributed by atoms with E-state index in [2.05, 4.69) is 17.5 Å². The SMILES string of the molecule is C1=CC(C2CCNCC2)CC1. The third-order valence-corrected chi connectivity index (χ3v) is 3.04. The molecule has 0 aromatic rings. The molecular weight excluding hydrogens is 134 g/mol. The Balaban J connectivity index is 1.87. The van der Waals surface area contributed by atoms with Crippen LogP contribution in [0.3, 0.4) is 0 Å². The molecule has 1 heteroatoms. The van der Waals surface area contributed by atoms with Gasteiger partial charge in [0.1, 0.15) is 0 Å². The van der Waals surface area contributed by atoms with Gasteiger partial charge in [-0.3, -0.25) is 0 Å². The second kappa shape index (κ2) is 3.40. The van der Waals surface area contributed by atoms with Crippen LogP contribution in [0.2, 0.25) is 0 Å². The van der Waals surface area contributed by atoms with E-state index in [-0.39, 0.29) is 0 Å². The molecule has 62 valence electrons. The molecule has 1 fully saturated rings. The number of piperidine rings is 1. The summed E-state index contributed by atoms with van der Waals surface area (Å²) in [5, 5.41) is 3.41. The van der Waals surface area contributed by atoms with Crippen LogP contribution in [-0.2, 0) is 0 Å². The molecular formula is C10H17N. The summed E-state index contributed by atoms with van der Waals surface area (Å²) in [7, 11) is 0. The third-order valence-electron chi connectivity index (χ3n) is 3.04. The maximum absolute atomic E-state index is 3.41. The van der Waals surface area contributed by atoms with Crippen molar-refractivity contribution in [2.75, 3.05) is 13.1 Å². The minimum absolute atomic E-state index is 0.928. The van der Waals surface area contributed by atoms with Crippen LogP contribution < -0.4 is 5.32 Å². The first-order valence-corrected chi connectivity index (χ1v) is 4.84. The van der Waals surface area contributed by atoms with Gasteiger partial charge in [-0.25, -0.2) is 0 Å². The zero-order valence-electron chi connectivity index (χ0n) is 7.05. The highest BCUT2D eigenvalue weighted by Crippen LogP contribution is 2.30. The van der Waals surface area contributed by atoms with Gasteiger partial charge in [0, 0.05) is 0 Å². The summed E-state index contributed by atoms with van der Waals surface area (Å²) in [6.45, 7) is 2.49. The van der Waals surface area contributed by atoms with E-state index in [4.69, 9.17) is 0 Å². The van der Waals surface area contributed by atoms with Crippen molar-refractivity contribution in [1.29, 1.82) is 0 Å². The van der Waals surface area contributed by atoms with Crippen LogP contribution in [0, 0.1) is 11.8 Å². The van der Waals surface area contributed by atoms with Crippen LogP contribution >= 0.6 is 0 Å². The third kappa shape index (κ3) is 1.64. The quantitative estimate of drug-likeness (QED) is 0.565. The van der Waals surface area contributed by atoms with Gasteiger partial charge < -0.3 is 5.32 Å². The number of hydrogen-bond acceptors (Lipinski definition) is 1. The Labute approximate surface area is 68.9 Å². The molecule has 0 amide bonds. The Bertz CT molecular complexity index is 145. The van der Waals surface area contributed by atoms with E-state index in [9.17, 15) is 0 Å². The molecule has 1 aliphatic heterocycles. The fourth-order valence-corrected chi connectivity index (χ4v) is 2.32. The second-order valence-corrected chi connectivity index (χ2v) is 3.76. The first kappa shape index (κ1) is 7.35. The highest BCUT2D eigenvalue weighted by atomic mass is 14.9. The van der Waals surface area contributed by atoms with E-state index in [1.807, 2.05) is 0 Å². The normalized spacial score (nSPS) is 32.9. The van der Waals surface area contributed by atoms with Gasteiger partial charge >= 0.3 is 0 Å². The van der Waals surface area contributed by atoms with E-state index in [1.54, 1.807) is 0 Å². The molecule has 2 rings (SSSR count). The lowest BCUT2D eigenvalue weighted by Crippen LogP contribution is -2.30. The number of nitrogens with one attached hydrogen (secondary N) is 1. The summed E-state index contributed by atoms with van der Waals surface area (Å²) in [5.74, 6) is 1.92. The van der Waals surface area contributed by atoms with Crippen LogP contribution in [0.25, 0.3) is 0 Å². The molecule has 0 aromatic heterocycles. The first-order chi connectivity index (χ1) is 5.47. The number of hydrogen-bond donors (Lipinski definition) is 1. The van der Waals surface area contributed by atoms with E-state index < -0.39 is 0 Å². The van der Waals surface area contributed by atoms with E-state index >= 15 is 0 Å². The molecule has 0 spiro atoms. The van der Waals surface area contributed by atoms with Crippen molar-refractivity contribution in [1.82, 2.24) is 5.32 Å². The smallest absolute Gasteiger partial charge is 0.00461 e. The summed E-state index contributed by atoms with van der Waals surface area (Å²) >= 11 is 0. The van der Waals surface area contributed by atoms with E-state index in [0.29, 0.717) is 0 Å². The molecule has 2 aliphatic rings. The standard InChI is InChI=1S/C10H17N/c1-2-4-9(3-1)10-5-7-11-8-6-10/h1,3,9-11H,2,4-8H2. The zero-order chi connectivity index (χ0) is 7.52. The lowest BCUT2D eigenvalue weighted by atomic mass is 9.85. The fourth-order valence-electron chi connectivity index (χ4n) is 2.32. The Hall–Kier alpha value is -0.300. The maximum Gasteiger partial charge on any atom is -0.00461 e. The van der Waals surface area contributed by atoms with Gasteiger partial charge in [-0.1, -0.05) is 12.2 Å². The van der Waals surface area contributed by atoms with Gasteiger partial charge in [0.2, 0.25) is 0 Å². The summed E-state index contributed by atoms with van der Waals surface area (Å²) < 4.78 is 0. The van der Waals surface area contributed by atoms with Crippen LogP contribution in [0.1, 0.15) is 25.7 Å². The van der Waals surface area contributed by atoms with Crippen molar-refractivity contribution in [3.8, 4) is 0 Å². The van der Waals surface area contributed by atoms with Gasteiger partial charge in [0.05, 0.1) is 0 Å². The van der Waals surface area contributed by atoms with Crippen LogP contribution in [0.4, 0.5) is 0 Å². The summed E-state index contributed by atoms with van der Waals surface area (Å²) in [4.78, 5) is 0. The number of rotatable bonds is 1. The second-order valence-electron chi connectivity index (χ2n) is 3.76. The zero-order valence-corrected chi connectivity index (χ0v) is 7.05. The highest BCUT2D eigenvalue weighted by Gasteiger charge is 2.22. The van der Waals surface area contributed by atoms with Gasteiger partial charge in [-0.05, 0) is 50.6 Å². The molecule has 1 nitrogen and oxygen atoms in total. The molecule has 1 heterocycles. The van der Waals surface area contributed by atoms with Crippen molar-refractivity contribution < 1.29 is 0 Å². The largest absolute Gasteiger partial charge is 0.317 e. The Kier molecular flexibility index (Phi) is 2.27. The van der Waals surface area contributed by atoms with Crippen LogP contribution in [0.15, 0.2) is 12.2 Å². The van der Waals surface area contributed by atoms with Gasteiger partial charge in [-0.15, -0.1) is 0 Å². The Morgan fingerprint density at radius 1 is 1.09 bits per heavy atom. The summed E-state index contributed by atoms with van der Waals surface area (Å²) in [6, 6.07) is 0. The molecule has 1 aliphatic carbocycles. The van der Waals surface area contributed by atoms with Gasteiger partial charge in [0.15, 0.2) is 0 Å². The number of allylic oxidation sites excluding steroid dienone is 2. The molecule has 1 unspecified atom stereocenters. The van der Waals surface area contributed by atoms with Crippen molar-refractivity contribution in [2.24, 2.45) is 11.8 Å². The topological polar surface area (TPSA) is 12.0 Å². The summed E-state index contributed by atoms with van der Waals surface area (Å²) in [6.07, 6.45) is 10.3. The lowest BCUT2D eigenvalue weighted by Gasteiger charge is -2.26. The average Bonchev–Trinajstić information content (AvgIpc) is 2.58. The molecule has 0 saturated carbocycles.